The van der Waals surface area contributed by atoms with Crippen molar-refractivity contribution in [1.82, 2.24) is 9.88 Å². The number of likely N-dealkylation sites (tertiary alicyclic amines) is 1. The Kier molecular flexibility index (Phi) is 4.87. The second kappa shape index (κ2) is 7.82. The maximum atomic E-state index is 13.1. The number of aromatic amines is 1. The first-order chi connectivity index (χ1) is 14.7. The maximum absolute atomic E-state index is 13.1. The number of ketones is 1. The average molecular weight is 400 g/mol. The van der Waals surface area contributed by atoms with Crippen molar-refractivity contribution in [2.45, 2.75) is 25.4 Å². The molecule has 1 amide bonds. The van der Waals surface area contributed by atoms with Gasteiger partial charge in [0, 0.05) is 31.1 Å². The molecule has 1 fully saturated rings. The van der Waals surface area contributed by atoms with E-state index in [1.807, 2.05) is 71.6 Å². The van der Waals surface area contributed by atoms with Crippen LogP contribution < -0.4 is 4.74 Å². The number of Topliss-reactive ketones (excluding diaryl/α,β-unsaturated/α-hetero) is 1. The van der Waals surface area contributed by atoms with Crippen molar-refractivity contribution in [1.29, 1.82) is 0 Å². The number of carbonyl (C=O) groups excluding carboxylic acids is 2. The number of nitrogens with one attached hydrogen (secondary N) is 1. The Hall–Kier alpha value is -3.34. The van der Waals surface area contributed by atoms with Gasteiger partial charge in [-0.3, -0.25) is 9.59 Å². The number of benzene rings is 2. The molecule has 2 aliphatic heterocycles. The number of amides is 1. The molecule has 0 unspecified atom stereocenters. The molecular formula is C25H24N2O3. The van der Waals surface area contributed by atoms with E-state index in [2.05, 4.69) is 4.98 Å². The Bertz CT molecular complexity index is 1070. The van der Waals surface area contributed by atoms with Gasteiger partial charge < -0.3 is 14.6 Å². The molecule has 2 aromatic carbocycles. The molecule has 0 saturated carbocycles. The van der Waals surface area contributed by atoms with Crippen LogP contribution in [0.1, 0.15) is 40.1 Å². The average Bonchev–Trinajstić information content (AvgIpc) is 3.30. The number of H-pyrrole nitrogens is 1. The molecule has 5 nitrogen and oxygen atoms in total. The first kappa shape index (κ1) is 18.7. The number of aromatic nitrogens is 1. The summed E-state index contributed by atoms with van der Waals surface area (Å²) in [6.07, 6.45) is 2.08. The number of rotatable bonds is 3. The summed E-state index contributed by atoms with van der Waals surface area (Å²) in [6.45, 7) is 1.34. The molecule has 152 valence electrons. The molecule has 1 aromatic heterocycles. The fourth-order valence-corrected chi connectivity index (χ4v) is 4.53. The first-order valence-electron chi connectivity index (χ1n) is 10.5. The van der Waals surface area contributed by atoms with Gasteiger partial charge in [-0.2, -0.15) is 0 Å². The molecule has 0 spiro atoms. The van der Waals surface area contributed by atoms with E-state index in [1.54, 1.807) is 0 Å². The van der Waals surface area contributed by atoms with E-state index in [4.69, 9.17) is 4.74 Å². The topological polar surface area (TPSA) is 62.4 Å². The van der Waals surface area contributed by atoms with Crippen LogP contribution in [0.2, 0.25) is 0 Å². The molecule has 3 aromatic rings. The second-order valence-corrected chi connectivity index (χ2v) is 8.08. The van der Waals surface area contributed by atoms with Crippen LogP contribution in [0, 0.1) is 5.92 Å². The lowest BCUT2D eigenvalue weighted by molar-refractivity contribution is 0.0406. The second-order valence-electron chi connectivity index (χ2n) is 8.08. The van der Waals surface area contributed by atoms with E-state index in [0.29, 0.717) is 30.0 Å². The van der Waals surface area contributed by atoms with Crippen LogP contribution in [0.15, 0.2) is 66.7 Å². The summed E-state index contributed by atoms with van der Waals surface area (Å²) < 4.78 is 6.17. The van der Waals surface area contributed by atoms with Gasteiger partial charge in [-0.1, -0.05) is 42.5 Å². The largest absolute Gasteiger partial charge is 0.489 e. The van der Waals surface area contributed by atoms with E-state index < -0.39 is 0 Å². The zero-order chi connectivity index (χ0) is 20.5. The minimum Gasteiger partial charge on any atom is -0.489 e. The van der Waals surface area contributed by atoms with Crippen LogP contribution in [-0.4, -0.2) is 40.8 Å². The minimum atomic E-state index is -0.175. The number of ether oxygens (including phenoxy) is 1. The highest BCUT2D eigenvalue weighted by Gasteiger charge is 2.36. The monoisotopic (exact) mass is 400 g/mol. The van der Waals surface area contributed by atoms with Gasteiger partial charge in [-0.25, -0.2) is 0 Å². The molecule has 5 heteroatoms. The summed E-state index contributed by atoms with van der Waals surface area (Å²) in [7, 11) is 0. The smallest absolute Gasteiger partial charge is 0.270 e. The van der Waals surface area contributed by atoms with Gasteiger partial charge in [0.15, 0.2) is 5.78 Å². The van der Waals surface area contributed by atoms with Crippen molar-refractivity contribution in [2.24, 2.45) is 5.92 Å². The Labute approximate surface area is 175 Å². The Morgan fingerprint density at radius 3 is 2.67 bits per heavy atom. The number of hydrogen-bond acceptors (Lipinski definition) is 3. The molecule has 0 aliphatic carbocycles. The van der Waals surface area contributed by atoms with Crippen molar-refractivity contribution in [3.05, 3.63) is 78.0 Å². The number of nitrogens with zero attached hydrogens (tertiary/aromatic N) is 1. The molecule has 0 bridgehead atoms. The SMILES string of the molecule is O=C1C[C@@H]([C@@H]2CCCN(C(=O)c3ccc(-c4ccccc4)[nH]3)C2)Oc2ccccc21. The Morgan fingerprint density at radius 2 is 1.80 bits per heavy atom. The van der Waals surface area contributed by atoms with Crippen LogP contribution in [0.25, 0.3) is 11.3 Å². The number of fused-ring (bicyclic) bond motifs is 1. The Balaban J connectivity index is 1.30. The molecular weight excluding hydrogens is 376 g/mol. The van der Waals surface area contributed by atoms with E-state index in [0.717, 1.165) is 30.6 Å². The van der Waals surface area contributed by atoms with Gasteiger partial charge in [0.1, 0.15) is 17.5 Å². The molecule has 0 radical (unpaired) electrons. The van der Waals surface area contributed by atoms with Crippen molar-refractivity contribution in [3.63, 3.8) is 0 Å². The molecule has 2 atom stereocenters. The van der Waals surface area contributed by atoms with Crippen LogP contribution >= 0.6 is 0 Å². The van der Waals surface area contributed by atoms with Gasteiger partial charge in [0.25, 0.3) is 5.91 Å². The van der Waals surface area contributed by atoms with Crippen LogP contribution in [0.3, 0.4) is 0 Å². The third-order valence-electron chi connectivity index (χ3n) is 6.12. The highest BCUT2D eigenvalue weighted by Crippen LogP contribution is 2.33. The summed E-state index contributed by atoms with van der Waals surface area (Å²) in [4.78, 5) is 30.8. The van der Waals surface area contributed by atoms with Crippen LogP contribution in [0.5, 0.6) is 5.75 Å². The highest BCUT2D eigenvalue weighted by atomic mass is 16.5. The lowest BCUT2D eigenvalue weighted by Gasteiger charge is -2.38. The van der Waals surface area contributed by atoms with Crippen LogP contribution in [-0.2, 0) is 0 Å². The molecule has 1 saturated heterocycles. The zero-order valence-electron chi connectivity index (χ0n) is 16.7. The van der Waals surface area contributed by atoms with E-state index in [9.17, 15) is 9.59 Å². The fourth-order valence-electron chi connectivity index (χ4n) is 4.53. The summed E-state index contributed by atoms with van der Waals surface area (Å²) in [6, 6.07) is 21.2. The first-order valence-corrected chi connectivity index (χ1v) is 10.5. The lowest BCUT2D eigenvalue weighted by Crippen LogP contribution is -2.46. The molecule has 5 rings (SSSR count). The van der Waals surface area contributed by atoms with Crippen molar-refractivity contribution in [2.75, 3.05) is 13.1 Å². The maximum Gasteiger partial charge on any atom is 0.270 e. The standard InChI is InChI=1S/C25H24N2O3/c28-22-15-24(30-23-11-5-4-10-19(22)23)18-9-6-14-27(16-18)25(29)21-13-12-20(26-21)17-7-2-1-3-8-17/h1-5,7-8,10-13,18,24,26H,6,9,14-16H2/t18-,24+/m1/s1. The Morgan fingerprint density at radius 1 is 1.00 bits per heavy atom. The predicted octanol–water partition coefficient (Wildman–Crippen LogP) is 4.57. The van der Waals surface area contributed by atoms with Gasteiger partial charge in [-0.15, -0.1) is 0 Å². The summed E-state index contributed by atoms with van der Waals surface area (Å²) >= 11 is 0. The third kappa shape index (κ3) is 3.52. The van der Waals surface area contributed by atoms with Gasteiger partial charge >= 0.3 is 0 Å². The summed E-state index contributed by atoms with van der Waals surface area (Å²) in [5.74, 6) is 0.953. The number of para-hydroxylation sites is 1. The predicted molar refractivity (Wildman–Crippen MR) is 115 cm³/mol. The summed E-state index contributed by atoms with van der Waals surface area (Å²) in [5, 5.41) is 0. The highest BCUT2D eigenvalue weighted by molar-refractivity contribution is 6.00. The fraction of sp³-hybridized carbons (Fsp3) is 0.280. The quantitative estimate of drug-likeness (QED) is 0.701. The summed E-state index contributed by atoms with van der Waals surface area (Å²) in [5.41, 5.74) is 3.25. The lowest BCUT2D eigenvalue weighted by atomic mass is 9.87. The van der Waals surface area contributed by atoms with Gasteiger partial charge in [0.2, 0.25) is 0 Å². The number of carbonyl (C=O) groups is 2. The minimum absolute atomic E-state index is 0.00409. The zero-order valence-corrected chi connectivity index (χ0v) is 16.7. The van der Waals surface area contributed by atoms with E-state index in [-0.39, 0.29) is 23.7 Å². The molecule has 2 aliphatic rings. The normalized spacial score (nSPS) is 21.1. The molecule has 30 heavy (non-hydrogen) atoms. The third-order valence-corrected chi connectivity index (χ3v) is 6.12. The van der Waals surface area contributed by atoms with Crippen molar-refractivity contribution in [3.8, 4) is 17.0 Å². The van der Waals surface area contributed by atoms with Gasteiger partial charge in [0.05, 0.1) is 5.56 Å². The molecule has 3 heterocycles. The van der Waals surface area contributed by atoms with Gasteiger partial charge in [-0.05, 0) is 42.7 Å². The number of piperidine rings is 1. The van der Waals surface area contributed by atoms with Crippen molar-refractivity contribution >= 4 is 11.7 Å². The van der Waals surface area contributed by atoms with Crippen LogP contribution in [0.4, 0.5) is 0 Å². The van der Waals surface area contributed by atoms with Crippen molar-refractivity contribution < 1.29 is 14.3 Å². The van der Waals surface area contributed by atoms with E-state index in [1.165, 1.54) is 0 Å². The number of hydrogen-bond donors (Lipinski definition) is 1. The molecule has 1 N–H and O–H groups in total. The van der Waals surface area contributed by atoms with E-state index >= 15 is 0 Å².